The summed E-state index contributed by atoms with van der Waals surface area (Å²) in [4.78, 5) is 10.7. The van der Waals surface area contributed by atoms with Crippen LogP contribution in [0.3, 0.4) is 0 Å². The van der Waals surface area contributed by atoms with Crippen LogP contribution in [0.15, 0.2) is 36.9 Å². The van der Waals surface area contributed by atoms with E-state index < -0.39 is 5.91 Å². The molecular weight excluding hydrogens is 164 g/mol. The molecule has 13 heavy (non-hydrogen) atoms. The summed E-state index contributed by atoms with van der Waals surface area (Å²) in [6.45, 7) is 4.29. The second-order valence-corrected chi connectivity index (χ2v) is 2.61. The lowest BCUT2D eigenvalue weighted by Crippen LogP contribution is -2.10. The third-order valence-corrected chi connectivity index (χ3v) is 1.62. The maximum atomic E-state index is 10.7. The number of hydrogen-bond acceptors (Lipinski definition) is 2. The third kappa shape index (κ3) is 2.63. The number of anilines is 1. The number of amides is 1. The topological polar surface area (TPSA) is 55.1 Å². The summed E-state index contributed by atoms with van der Waals surface area (Å²) >= 11 is 0. The van der Waals surface area contributed by atoms with Gasteiger partial charge in [-0.15, -0.1) is 6.58 Å². The van der Waals surface area contributed by atoms with Crippen LogP contribution in [0, 0.1) is 0 Å². The average molecular weight is 176 g/mol. The number of primary amides is 1. The number of nitrogens with two attached hydrogens (primary N) is 1. The van der Waals surface area contributed by atoms with Gasteiger partial charge in [0.05, 0.1) is 0 Å². The van der Waals surface area contributed by atoms with Crippen molar-refractivity contribution in [2.24, 2.45) is 5.73 Å². The Morgan fingerprint density at radius 2 is 2.08 bits per heavy atom. The lowest BCUT2D eigenvalue weighted by molar-refractivity contribution is 0.100. The molecule has 0 aromatic heterocycles. The molecule has 1 aromatic carbocycles. The van der Waals surface area contributed by atoms with Crippen LogP contribution in [-0.4, -0.2) is 12.5 Å². The molecule has 0 spiro atoms. The summed E-state index contributed by atoms with van der Waals surface area (Å²) in [5.74, 6) is -0.407. The van der Waals surface area contributed by atoms with Gasteiger partial charge in [0.1, 0.15) is 0 Å². The van der Waals surface area contributed by atoms with E-state index in [9.17, 15) is 4.79 Å². The number of rotatable bonds is 4. The zero-order chi connectivity index (χ0) is 9.68. The van der Waals surface area contributed by atoms with Gasteiger partial charge in [0, 0.05) is 17.8 Å². The number of carbonyl (C=O) groups is 1. The Morgan fingerprint density at radius 1 is 1.46 bits per heavy atom. The third-order valence-electron chi connectivity index (χ3n) is 1.62. The van der Waals surface area contributed by atoms with E-state index in [2.05, 4.69) is 11.9 Å². The molecule has 3 heteroatoms. The molecule has 0 aliphatic rings. The van der Waals surface area contributed by atoms with Crippen molar-refractivity contribution in [3.63, 3.8) is 0 Å². The molecule has 0 heterocycles. The second kappa shape index (κ2) is 4.30. The minimum atomic E-state index is -0.407. The fourth-order valence-corrected chi connectivity index (χ4v) is 0.942. The van der Waals surface area contributed by atoms with E-state index in [-0.39, 0.29) is 0 Å². The molecule has 1 amide bonds. The Morgan fingerprint density at radius 3 is 2.54 bits per heavy atom. The van der Waals surface area contributed by atoms with Gasteiger partial charge in [-0.1, -0.05) is 6.08 Å². The van der Waals surface area contributed by atoms with E-state index >= 15 is 0 Å². The molecule has 1 rings (SSSR count). The van der Waals surface area contributed by atoms with E-state index in [0.29, 0.717) is 12.1 Å². The van der Waals surface area contributed by atoms with Crippen LogP contribution in [0.4, 0.5) is 5.69 Å². The van der Waals surface area contributed by atoms with E-state index in [4.69, 9.17) is 5.73 Å². The van der Waals surface area contributed by atoms with Gasteiger partial charge < -0.3 is 11.1 Å². The predicted octanol–water partition coefficient (Wildman–Crippen LogP) is 1.38. The highest BCUT2D eigenvalue weighted by Crippen LogP contribution is 2.08. The molecule has 0 aliphatic heterocycles. The first kappa shape index (κ1) is 9.32. The molecule has 3 nitrogen and oxygen atoms in total. The van der Waals surface area contributed by atoms with Crippen molar-refractivity contribution in [1.82, 2.24) is 0 Å². The van der Waals surface area contributed by atoms with Gasteiger partial charge in [0.2, 0.25) is 5.91 Å². The van der Waals surface area contributed by atoms with Crippen molar-refractivity contribution >= 4 is 11.6 Å². The van der Waals surface area contributed by atoms with E-state index in [0.717, 1.165) is 5.69 Å². The Hall–Kier alpha value is -1.77. The van der Waals surface area contributed by atoms with Crippen molar-refractivity contribution in [2.45, 2.75) is 0 Å². The van der Waals surface area contributed by atoms with Crippen LogP contribution >= 0.6 is 0 Å². The van der Waals surface area contributed by atoms with Gasteiger partial charge >= 0.3 is 0 Å². The summed E-state index contributed by atoms with van der Waals surface area (Å²) in [5, 5.41) is 3.09. The first-order chi connectivity index (χ1) is 6.24. The summed E-state index contributed by atoms with van der Waals surface area (Å²) in [5.41, 5.74) is 6.56. The van der Waals surface area contributed by atoms with Gasteiger partial charge in [-0.05, 0) is 24.3 Å². The van der Waals surface area contributed by atoms with Crippen LogP contribution < -0.4 is 11.1 Å². The molecule has 68 valence electrons. The fraction of sp³-hybridized carbons (Fsp3) is 0.100. The predicted molar refractivity (Wildman–Crippen MR) is 53.6 cm³/mol. The molecule has 0 atom stereocenters. The fourth-order valence-electron chi connectivity index (χ4n) is 0.942. The highest BCUT2D eigenvalue weighted by atomic mass is 16.1. The lowest BCUT2D eigenvalue weighted by Gasteiger charge is -2.02. The summed E-state index contributed by atoms with van der Waals surface area (Å²) in [6, 6.07) is 6.99. The average Bonchev–Trinajstić information content (AvgIpc) is 2.15. The van der Waals surface area contributed by atoms with Crippen molar-refractivity contribution in [3.8, 4) is 0 Å². The summed E-state index contributed by atoms with van der Waals surface area (Å²) in [6.07, 6.45) is 1.77. The highest BCUT2D eigenvalue weighted by molar-refractivity contribution is 5.93. The normalized spacial score (nSPS) is 9.23. The number of benzene rings is 1. The second-order valence-electron chi connectivity index (χ2n) is 2.61. The van der Waals surface area contributed by atoms with Crippen molar-refractivity contribution in [1.29, 1.82) is 0 Å². The summed E-state index contributed by atoms with van der Waals surface area (Å²) in [7, 11) is 0. The standard InChI is InChI=1S/C10H12N2O/c1-2-7-12-9-5-3-8(4-6-9)10(11)13/h2-6,12H,1,7H2,(H2,11,13). The minimum absolute atomic E-state index is 0.407. The molecule has 0 saturated heterocycles. The molecule has 3 N–H and O–H groups in total. The van der Waals surface area contributed by atoms with Gasteiger partial charge in [-0.3, -0.25) is 4.79 Å². The molecule has 0 radical (unpaired) electrons. The lowest BCUT2D eigenvalue weighted by atomic mass is 10.2. The molecule has 0 fully saturated rings. The molecule has 0 bridgehead atoms. The number of hydrogen-bond donors (Lipinski definition) is 2. The van der Waals surface area contributed by atoms with Gasteiger partial charge in [-0.2, -0.15) is 0 Å². The maximum Gasteiger partial charge on any atom is 0.248 e. The Balaban J connectivity index is 2.69. The SMILES string of the molecule is C=CCNc1ccc(C(N)=O)cc1. The van der Waals surface area contributed by atoms with Gasteiger partial charge in [0.25, 0.3) is 0 Å². The molecule has 0 unspecified atom stereocenters. The Bertz CT molecular complexity index is 303. The quantitative estimate of drug-likeness (QED) is 0.681. The summed E-state index contributed by atoms with van der Waals surface area (Å²) < 4.78 is 0. The Kier molecular flexibility index (Phi) is 3.09. The van der Waals surface area contributed by atoms with Crippen LogP contribution in [0.25, 0.3) is 0 Å². The smallest absolute Gasteiger partial charge is 0.248 e. The Labute approximate surface area is 77.3 Å². The zero-order valence-electron chi connectivity index (χ0n) is 7.29. The first-order valence-electron chi connectivity index (χ1n) is 3.98. The largest absolute Gasteiger partial charge is 0.382 e. The van der Waals surface area contributed by atoms with Crippen molar-refractivity contribution in [3.05, 3.63) is 42.5 Å². The van der Waals surface area contributed by atoms with Crippen LogP contribution in [0.1, 0.15) is 10.4 Å². The van der Waals surface area contributed by atoms with Crippen LogP contribution in [0.2, 0.25) is 0 Å². The number of nitrogens with one attached hydrogen (secondary N) is 1. The van der Waals surface area contributed by atoms with E-state index in [1.807, 2.05) is 12.1 Å². The van der Waals surface area contributed by atoms with Gasteiger partial charge in [-0.25, -0.2) is 0 Å². The molecule has 0 saturated carbocycles. The van der Waals surface area contributed by atoms with Crippen molar-refractivity contribution < 1.29 is 4.79 Å². The van der Waals surface area contributed by atoms with Gasteiger partial charge in [0.15, 0.2) is 0 Å². The monoisotopic (exact) mass is 176 g/mol. The number of carbonyl (C=O) groups excluding carboxylic acids is 1. The first-order valence-corrected chi connectivity index (χ1v) is 3.98. The molecule has 0 aliphatic carbocycles. The van der Waals surface area contributed by atoms with E-state index in [1.165, 1.54) is 0 Å². The molecule has 1 aromatic rings. The zero-order valence-corrected chi connectivity index (χ0v) is 7.29. The minimum Gasteiger partial charge on any atom is -0.382 e. The van der Waals surface area contributed by atoms with Crippen molar-refractivity contribution in [2.75, 3.05) is 11.9 Å². The van der Waals surface area contributed by atoms with Crippen LogP contribution in [-0.2, 0) is 0 Å². The van der Waals surface area contributed by atoms with Crippen LogP contribution in [0.5, 0.6) is 0 Å². The maximum absolute atomic E-state index is 10.7. The highest BCUT2D eigenvalue weighted by Gasteiger charge is 1.97. The molecular formula is C10H12N2O. The van der Waals surface area contributed by atoms with E-state index in [1.54, 1.807) is 18.2 Å².